The smallest absolute Gasteiger partial charge is 0.385 e. The molecule has 0 spiro atoms. The molecule has 0 amide bonds. The maximum atomic E-state index is 12.5. The number of hydrogen-bond donors (Lipinski definition) is 1. The second-order valence-corrected chi connectivity index (χ2v) is 4.63. The van der Waals surface area contributed by atoms with Gasteiger partial charge < -0.3 is 5.11 Å². The lowest BCUT2D eigenvalue weighted by Gasteiger charge is -2.26. The quantitative estimate of drug-likeness (QED) is 0.803. The summed E-state index contributed by atoms with van der Waals surface area (Å²) in [6.45, 7) is 6.75. The number of rotatable bonds is 4. The fourth-order valence-corrected chi connectivity index (χ4v) is 1.96. The molecule has 1 aromatic carbocycles. The van der Waals surface area contributed by atoms with E-state index in [1.165, 1.54) is 6.07 Å². The first-order chi connectivity index (χ1) is 8.18. The molecule has 0 aromatic heterocycles. The van der Waals surface area contributed by atoms with Gasteiger partial charge in [0.2, 0.25) is 0 Å². The Kier molecular flexibility index (Phi) is 4.22. The molecular weight excluding hydrogens is 241 g/mol. The van der Waals surface area contributed by atoms with Crippen molar-refractivity contribution < 1.29 is 18.3 Å². The summed E-state index contributed by atoms with van der Waals surface area (Å²) in [6.07, 6.45) is -1.64. The molecule has 100 valence electrons. The summed E-state index contributed by atoms with van der Waals surface area (Å²) in [7, 11) is 0. The van der Waals surface area contributed by atoms with E-state index in [1.807, 2.05) is 0 Å². The van der Waals surface area contributed by atoms with Crippen LogP contribution in [0.4, 0.5) is 13.2 Å². The second-order valence-electron chi connectivity index (χ2n) is 4.63. The van der Waals surface area contributed by atoms with Gasteiger partial charge in [0.15, 0.2) is 0 Å². The molecule has 0 aliphatic rings. The number of aliphatic hydroxyl groups is 1. The molecule has 0 saturated carbocycles. The SMILES string of the molecule is C=CCCC(C)(O)c1ccc(C(F)(F)F)cc1C. The Morgan fingerprint density at radius 2 is 1.94 bits per heavy atom. The molecule has 0 saturated heterocycles. The average molecular weight is 258 g/mol. The van der Waals surface area contributed by atoms with Gasteiger partial charge in [0, 0.05) is 0 Å². The van der Waals surface area contributed by atoms with Crippen LogP contribution in [0.2, 0.25) is 0 Å². The third kappa shape index (κ3) is 3.35. The Bertz CT molecular complexity index is 433. The fourth-order valence-electron chi connectivity index (χ4n) is 1.96. The number of hydrogen-bond acceptors (Lipinski definition) is 1. The lowest BCUT2D eigenvalue weighted by molar-refractivity contribution is -0.137. The molecule has 1 unspecified atom stereocenters. The van der Waals surface area contributed by atoms with Crippen LogP contribution in [0.25, 0.3) is 0 Å². The first-order valence-corrected chi connectivity index (χ1v) is 5.70. The second kappa shape index (κ2) is 5.14. The van der Waals surface area contributed by atoms with Gasteiger partial charge in [-0.3, -0.25) is 0 Å². The molecular formula is C14H17F3O. The molecule has 0 aliphatic heterocycles. The van der Waals surface area contributed by atoms with Crippen LogP contribution in [0.1, 0.15) is 36.5 Å². The summed E-state index contributed by atoms with van der Waals surface area (Å²) < 4.78 is 37.6. The van der Waals surface area contributed by atoms with Crippen LogP contribution in [0.3, 0.4) is 0 Å². The van der Waals surface area contributed by atoms with Gasteiger partial charge in [0.05, 0.1) is 11.2 Å². The molecule has 0 fully saturated rings. The van der Waals surface area contributed by atoms with Crippen molar-refractivity contribution in [3.05, 3.63) is 47.5 Å². The topological polar surface area (TPSA) is 20.2 Å². The van der Waals surface area contributed by atoms with Gasteiger partial charge in [-0.05, 0) is 49.9 Å². The Morgan fingerprint density at radius 1 is 1.33 bits per heavy atom. The summed E-state index contributed by atoms with van der Waals surface area (Å²) in [4.78, 5) is 0. The standard InChI is InChI=1S/C14H17F3O/c1-4-5-8-13(3,18)12-7-6-11(9-10(12)2)14(15,16)17/h4,6-7,9,18H,1,5,8H2,2-3H3. The van der Waals surface area contributed by atoms with Crippen LogP contribution in [-0.4, -0.2) is 5.11 Å². The molecule has 0 heterocycles. The van der Waals surface area contributed by atoms with E-state index in [-0.39, 0.29) is 0 Å². The Hall–Kier alpha value is -1.29. The van der Waals surface area contributed by atoms with Crippen LogP contribution < -0.4 is 0 Å². The number of halogens is 3. The highest BCUT2D eigenvalue weighted by Crippen LogP contribution is 2.34. The predicted octanol–water partition coefficient (Wildman–Crippen LogP) is 4.19. The van der Waals surface area contributed by atoms with Gasteiger partial charge in [0.25, 0.3) is 0 Å². The molecule has 0 aliphatic carbocycles. The van der Waals surface area contributed by atoms with Crippen molar-refractivity contribution >= 4 is 0 Å². The lowest BCUT2D eigenvalue weighted by Crippen LogP contribution is -2.22. The highest BCUT2D eigenvalue weighted by molar-refractivity contribution is 5.36. The van der Waals surface area contributed by atoms with E-state index in [9.17, 15) is 18.3 Å². The largest absolute Gasteiger partial charge is 0.416 e. The van der Waals surface area contributed by atoms with Crippen molar-refractivity contribution in [3.63, 3.8) is 0 Å². The molecule has 1 nitrogen and oxygen atoms in total. The molecule has 4 heteroatoms. The fraction of sp³-hybridized carbons (Fsp3) is 0.429. The number of benzene rings is 1. The summed E-state index contributed by atoms with van der Waals surface area (Å²) in [5, 5.41) is 10.3. The Morgan fingerprint density at radius 3 is 2.39 bits per heavy atom. The number of allylic oxidation sites excluding steroid dienone is 1. The van der Waals surface area contributed by atoms with E-state index < -0.39 is 17.3 Å². The zero-order valence-corrected chi connectivity index (χ0v) is 10.5. The van der Waals surface area contributed by atoms with Gasteiger partial charge in [-0.15, -0.1) is 6.58 Å². The van der Waals surface area contributed by atoms with Crippen LogP contribution in [0, 0.1) is 6.92 Å². The number of aryl methyl sites for hydroxylation is 1. The average Bonchev–Trinajstić information content (AvgIpc) is 2.24. The molecule has 18 heavy (non-hydrogen) atoms. The van der Waals surface area contributed by atoms with Crippen LogP contribution in [-0.2, 0) is 11.8 Å². The van der Waals surface area contributed by atoms with E-state index >= 15 is 0 Å². The van der Waals surface area contributed by atoms with Gasteiger partial charge in [0.1, 0.15) is 0 Å². The lowest BCUT2D eigenvalue weighted by atomic mass is 9.87. The van der Waals surface area contributed by atoms with Crippen LogP contribution >= 0.6 is 0 Å². The summed E-state index contributed by atoms with van der Waals surface area (Å²) in [5.41, 5.74) is -0.859. The monoisotopic (exact) mass is 258 g/mol. The first-order valence-electron chi connectivity index (χ1n) is 5.70. The van der Waals surface area contributed by atoms with Crippen LogP contribution in [0.5, 0.6) is 0 Å². The highest BCUT2D eigenvalue weighted by atomic mass is 19.4. The van der Waals surface area contributed by atoms with Crippen LogP contribution in [0.15, 0.2) is 30.9 Å². The third-order valence-corrected chi connectivity index (χ3v) is 2.97. The first kappa shape index (κ1) is 14.8. The van der Waals surface area contributed by atoms with E-state index in [2.05, 4.69) is 6.58 Å². The highest BCUT2D eigenvalue weighted by Gasteiger charge is 2.32. The Balaban J connectivity index is 3.09. The molecule has 1 aromatic rings. The number of alkyl halides is 3. The van der Waals surface area contributed by atoms with Crippen molar-refractivity contribution in [2.45, 2.75) is 38.5 Å². The minimum absolute atomic E-state index is 0.433. The van der Waals surface area contributed by atoms with E-state index in [1.54, 1.807) is 19.9 Å². The van der Waals surface area contributed by atoms with Crippen molar-refractivity contribution in [1.29, 1.82) is 0 Å². The maximum absolute atomic E-state index is 12.5. The molecule has 1 atom stereocenters. The van der Waals surface area contributed by atoms with Crippen molar-refractivity contribution in [2.75, 3.05) is 0 Å². The normalized spacial score (nSPS) is 15.2. The van der Waals surface area contributed by atoms with Gasteiger partial charge in [-0.1, -0.05) is 12.1 Å². The minimum Gasteiger partial charge on any atom is -0.385 e. The van der Waals surface area contributed by atoms with E-state index in [0.29, 0.717) is 24.0 Å². The third-order valence-electron chi connectivity index (χ3n) is 2.97. The Labute approximate surface area is 105 Å². The molecule has 1 rings (SSSR count). The van der Waals surface area contributed by atoms with Crippen molar-refractivity contribution in [2.24, 2.45) is 0 Å². The van der Waals surface area contributed by atoms with Crippen molar-refractivity contribution in [3.8, 4) is 0 Å². The van der Waals surface area contributed by atoms with Gasteiger partial charge in [-0.25, -0.2) is 0 Å². The van der Waals surface area contributed by atoms with Crippen molar-refractivity contribution in [1.82, 2.24) is 0 Å². The minimum atomic E-state index is -4.35. The van der Waals surface area contributed by atoms with Gasteiger partial charge >= 0.3 is 6.18 Å². The zero-order valence-electron chi connectivity index (χ0n) is 10.5. The molecule has 1 N–H and O–H groups in total. The molecule has 0 bridgehead atoms. The zero-order chi connectivity index (χ0) is 14.0. The van der Waals surface area contributed by atoms with E-state index in [4.69, 9.17) is 0 Å². The van der Waals surface area contributed by atoms with E-state index in [0.717, 1.165) is 12.1 Å². The summed E-state index contributed by atoms with van der Waals surface area (Å²) in [5.74, 6) is 0. The molecule has 0 radical (unpaired) electrons. The predicted molar refractivity (Wildman–Crippen MR) is 65.2 cm³/mol. The maximum Gasteiger partial charge on any atom is 0.416 e. The van der Waals surface area contributed by atoms with Gasteiger partial charge in [-0.2, -0.15) is 13.2 Å². The summed E-state index contributed by atoms with van der Waals surface area (Å²) >= 11 is 0. The summed E-state index contributed by atoms with van der Waals surface area (Å²) in [6, 6.07) is 3.42.